The van der Waals surface area contributed by atoms with Crippen molar-refractivity contribution in [1.82, 2.24) is 10.1 Å². The number of nitrogens with one attached hydrogen (secondary N) is 2. The quantitative estimate of drug-likeness (QED) is 0.828. The van der Waals surface area contributed by atoms with Crippen LogP contribution in [0.3, 0.4) is 0 Å². The Morgan fingerprint density at radius 3 is 3.06 bits per heavy atom. The topological polar surface area (TPSA) is 105 Å². The molecule has 0 aliphatic carbocycles. The highest BCUT2D eigenvalue weighted by Gasteiger charge is 2.31. The van der Waals surface area contributed by atoms with E-state index in [-0.39, 0.29) is 16.3 Å². The number of H-pyrrole nitrogens is 1. The number of nitrogens with zero attached hydrogens (tertiary/aromatic N) is 1. The number of carbonyl (C=O) groups excluding carboxylic acids is 1. The van der Waals surface area contributed by atoms with Crippen LogP contribution >= 0.6 is 0 Å². The van der Waals surface area contributed by atoms with Crippen LogP contribution in [0.15, 0.2) is 28.1 Å². The van der Waals surface area contributed by atoms with Gasteiger partial charge in [-0.25, -0.2) is 8.42 Å². The van der Waals surface area contributed by atoms with Crippen LogP contribution < -0.4 is 5.32 Å². The summed E-state index contributed by atoms with van der Waals surface area (Å²) >= 11 is 0. The lowest BCUT2D eigenvalue weighted by Gasteiger charge is -2.00. The zero-order valence-corrected chi connectivity index (χ0v) is 9.95. The fourth-order valence-electron chi connectivity index (χ4n) is 1.97. The molecule has 18 heavy (non-hydrogen) atoms. The number of rotatable bonds is 2. The van der Waals surface area contributed by atoms with Gasteiger partial charge in [0, 0.05) is 11.8 Å². The van der Waals surface area contributed by atoms with Crippen molar-refractivity contribution in [3.05, 3.63) is 29.9 Å². The molecule has 8 heteroatoms. The molecule has 0 unspecified atom stereocenters. The molecule has 2 N–H and O–H groups in total. The monoisotopic (exact) mass is 267 g/mol. The summed E-state index contributed by atoms with van der Waals surface area (Å²) in [5.41, 5.74) is 1.24. The minimum atomic E-state index is -3.22. The van der Waals surface area contributed by atoms with Gasteiger partial charge in [0.05, 0.1) is 16.8 Å². The smallest absolute Gasteiger partial charge is 0.272 e. The number of aromatic nitrogens is 2. The first-order valence-corrected chi connectivity index (χ1v) is 6.87. The molecule has 0 saturated carbocycles. The van der Waals surface area contributed by atoms with E-state index in [9.17, 15) is 13.2 Å². The third-order valence-corrected chi connectivity index (χ3v) is 4.60. The second-order valence-corrected chi connectivity index (χ2v) is 6.02. The van der Waals surface area contributed by atoms with E-state index in [2.05, 4.69) is 20.0 Å². The van der Waals surface area contributed by atoms with E-state index in [1.54, 1.807) is 0 Å². The van der Waals surface area contributed by atoms with Crippen molar-refractivity contribution >= 4 is 21.4 Å². The maximum Gasteiger partial charge on any atom is 0.272 e. The molecule has 0 fully saturated rings. The maximum atomic E-state index is 11.9. The molecule has 0 aromatic carbocycles. The van der Waals surface area contributed by atoms with Crippen molar-refractivity contribution in [3.8, 4) is 0 Å². The summed E-state index contributed by atoms with van der Waals surface area (Å²) in [5.74, 6) is -0.351. The van der Waals surface area contributed by atoms with Gasteiger partial charge in [-0.2, -0.15) is 0 Å². The lowest BCUT2D eigenvalue weighted by molar-refractivity contribution is 0.102. The molecule has 3 rings (SSSR count). The van der Waals surface area contributed by atoms with Gasteiger partial charge in [-0.3, -0.25) is 4.79 Å². The average molecular weight is 267 g/mol. The molecular formula is C10H9N3O4S. The van der Waals surface area contributed by atoms with Crippen molar-refractivity contribution in [2.45, 2.75) is 11.3 Å². The number of carbonyl (C=O) groups is 1. The van der Waals surface area contributed by atoms with Gasteiger partial charge in [-0.05, 0) is 6.42 Å². The first-order valence-electron chi connectivity index (χ1n) is 5.21. The van der Waals surface area contributed by atoms with Crippen LogP contribution in [0.1, 0.15) is 16.1 Å². The molecule has 0 radical (unpaired) electrons. The molecule has 94 valence electrons. The molecule has 1 aliphatic heterocycles. The fourth-order valence-corrected chi connectivity index (χ4v) is 3.48. The number of amides is 1. The Labute approximate surface area is 102 Å². The van der Waals surface area contributed by atoms with Crippen molar-refractivity contribution < 1.29 is 17.7 Å². The highest BCUT2D eigenvalue weighted by atomic mass is 32.2. The first kappa shape index (κ1) is 11.0. The normalized spacial score (nSPS) is 16.4. The van der Waals surface area contributed by atoms with Crippen molar-refractivity contribution in [2.24, 2.45) is 0 Å². The molecule has 7 nitrogen and oxygen atoms in total. The fraction of sp³-hybridized carbons (Fsp3) is 0.200. The number of hydrogen-bond donors (Lipinski definition) is 2. The molecular weight excluding hydrogens is 258 g/mol. The lowest BCUT2D eigenvalue weighted by atomic mass is 10.2. The third kappa shape index (κ3) is 1.61. The molecule has 1 amide bonds. The second kappa shape index (κ2) is 3.70. The zero-order valence-electron chi connectivity index (χ0n) is 9.13. The number of hydrogen-bond acceptors (Lipinski definition) is 5. The maximum absolute atomic E-state index is 11.9. The van der Waals surface area contributed by atoms with Gasteiger partial charge < -0.3 is 14.8 Å². The predicted octanol–water partition coefficient (Wildman–Crippen LogP) is 0.585. The Morgan fingerprint density at radius 1 is 1.50 bits per heavy atom. The Bertz CT molecular complexity index is 700. The first-order chi connectivity index (χ1) is 8.58. The summed E-state index contributed by atoms with van der Waals surface area (Å²) in [6.45, 7) is 0. The molecule has 0 bridgehead atoms. The van der Waals surface area contributed by atoms with E-state index in [4.69, 9.17) is 0 Å². The predicted molar refractivity (Wildman–Crippen MR) is 61.0 cm³/mol. The molecule has 1 aliphatic rings. The van der Waals surface area contributed by atoms with E-state index < -0.39 is 15.7 Å². The van der Waals surface area contributed by atoms with Crippen LogP contribution in [0.4, 0.5) is 5.69 Å². The summed E-state index contributed by atoms with van der Waals surface area (Å²) < 4.78 is 27.8. The van der Waals surface area contributed by atoms with Crippen molar-refractivity contribution in [1.29, 1.82) is 0 Å². The van der Waals surface area contributed by atoms with Crippen LogP contribution in [0.25, 0.3) is 0 Å². The molecule has 0 atom stereocenters. The van der Waals surface area contributed by atoms with Gasteiger partial charge in [-0.15, -0.1) is 0 Å². The summed E-state index contributed by atoms with van der Waals surface area (Å²) in [6, 6.07) is 0. The standard InChI is InChI=1S/C10H9N3O4S/c14-10(13-6-3-12-17-5-6)9-7-1-2-18(15,16)8(7)4-11-9/h3-5,11H,1-2H2,(H,13,14). The molecule has 0 spiro atoms. The number of sulfone groups is 1. The summed E-state index contributed by atoms with van der Waals surface area (Å²) in [4.78, 5) is 14.9. The van der Waals surface area contributed by atoms with Crippen LogP contribution in [0.5, 0.6) is 0 Å². The van der Waals surface area contributed by atoms with E-state index in [0.717, 1.165) is 0 Å². The lowest BCUT2D eigenvalue weighted by Crippen LogP contribution is -2.13. The summed E-state index contributed by atoms with van der Waals surface area (Å²) in [7, 11) is -3.22. The summed E-state index contributed by atoms with van der Waals surface area (Å²) in [6.07, 6.45) is 4.36. The van der Waals surface area contributed by atoms with Gasteiger partial charge in [0.1, 0.15) is 17.6 Å². The van der Waals surface area contributed by atoms with Gasteiger partial charge in [-0.1, -0.05) is 5.16 Å². The number of anilines is 1. The van der Waals surface area contributed by atoms with Crippen LogP contribution in [0, 0.1) is 0 Å². The number of aromatic amines is 1. The Kier molecular flexibility index (Phi) is 2.27. The average Bonchev–Trinajstić information content (AvgIpc) is 2.98. The highest BCUT2D eigenvalue weighted by molar-refractivity contribution is 7.91. The van der Waals surface area contributed by atoms with Crippen LogP contribution in [-0.2, 0) is 16.3 Å². The highest BCUT2D eigenvalue weighted by Crippen LogP contribution is 2.28. The minimum Gasteiger partial charge on any atom is -0.363 e. The van der Waals surface area contributed by atoms with Crippen molar-refractivity contribution in [3.63, 3.8) is 0 Å². The van der Waals surface area contributed by atoms with E-state index in [1.165, 1.54) is 18.7 Å². The molecule has 2 aromatic heterocycles. The third-order valence-electron chi connectivity index (χ3n) is 2.82. The Balaban J connectivity index is 1.93. The molecule has 0 saturated heterocycles. The summed E-state index contributed by atoms with van der Waals surface area (Å²) in [5, 5.41) is 6.02. The van der Waals surface area contributed by atoms with Crippen LogP contribution in [-0.4, -0.2) is 30.2 Å². The molecule has 2 aromatic rings. The van der Waals surface area contributed by atoms with Crippen molar-refractivity contribution in [2.75, 3.05) is 11.1 Å². The minimum absolute atomic E-state index is 0.0554. The van der Waals surface area contributed by atoms with E-state index >= 15 is 0 Å². The van der Waals surface area contributed by atoms with E-state index in [0.29, 0.717) is 17.7 Å². The largest absolute Gasteiger partial charge is 0.363 e. The van der Waals surface area contributed by atoms with E-state index in [1.807, 2.05) is 0 Å². The molecule has 3 heterocycles. The van der Waals surface area contributed by atoms with Crippen LogP contribution in [0.2, 0.25) is 0 Å². The van der Waals surface area contributed by atoms with Gasteiger partial charge >= 0.3 is 0 Å². The van der Waals surface area contributed by atoms with Gasteiger partial charge in [0.15, 0.2) is 9.84 Å². The van der Waals surface area contributed by atoms with Gasteiger partial charge in [0.25, 0.3) is 5.91 Å². The number of fused-ring (bicyclic) bond motifs is 1. The Morgan fingerprint density at radius 2 is 2.33 bits per heavy atom. The van der Waals surface area contributed by atoms with Gasteiger partial charge in [0.2, 0.25) is 0 Å². The Hall–Kier alpha value is -2.09. The second-order valence-electron chi connectivity index (χ2n) is 3.94. The SMILES string of the molecule is O=C(Nc1cnoc1)c1[nH]cc2c1CCS2(=O)=O. The zero-order chi connectivity index (χ0) is 12.8.